The summed E-state index contributed by atoms with van der Waals surface area (Å²) in [7, 11) is 1.78. The number of H-pyrrole nitrogens is 1. The van der Waals surface area contributed by atoms with E-state index in [1.807, 2.05) is 41.3 Å². The predicted molar refractivity (Wildman–Crippen MR) is 103 cm³/mol. The van der Waals surface area contributed by atoms with Gasteiger partial charge in [0.15, 0.2) is 0 Å². The third-order valence-electron chi connectivity index (χ3n) is 5.14. The zero-order chi connectivity index (χ0) is 19.7. The van der Waals surface area contributed by atoms with Crippen molar-refractivity contribution in [1.29, 1.82) is 0 Å². The Morgan fingerprint density at radius 3 is 2.68 bits per heavy atom. The molecular weight excluding hydrogens is 356 g/mol. The van der Waals surface area contributed by atoms with Crippen LogP contribution in [-0.4, -0.2) is 43.2 Å². The number of aromatic amines is 1. The van der Waals surface area contributed by atoms with Gasteiger partial charge in [-0.2, -0.15) is 10.2 Å². The number of aromatic nitrogens is 4. The topological polar surface area (TPSA) is 110 Å². The number of likely N-dealkylation sites (tertiary alicyclic amines) is 1. The molecule has 4 rings (SSSR count). The SMILES string of the molecule is Cn1nc(-c2ccccc2)cc1C(=O)N1CCCC[C@H]1c1cc(C(N)=O)n[nH]1. The number of carbonyl (C=O) groups excluding carboxylic acids is 2. The molecule has 2 aromatic heterocycles. The number of primary amides is 1. The molecule has 3 heterocycles. The first-order chi connectivity index (χ1) is 13.5. The second-order valence-electron chi connectivity index (χ2n) is 6.99. The zero-order valence-corrected chi connectivity index (χ0v) is 15.6. The van der Waals surface area contributed by atoms with Crippen molar-refractivity contribution < 1.29 is 9.59 Å². The van der Waals surface area contributed by atoms with Crippen molar-refractivity contribution in [3.63, 3.8) is 0 Å². The summed E-state index contributed by atoms with van der Waals surface area (Å²) < 4.78 is 1.62. The molecule has 1 saturated heterocycles. The van der Waals surface area contributed by atoms with E-state index in [4.69, 9.17) is 5.73 Å². The van der Waals surface area contributed by atoms with Gasteiger partial charge in [-0.1, -0.05) is 30.3 Å². The van der Waals surface area contributed by atoms with Crippen LogP contribution >= 0.6 is 0 Å². The van der Waals surface area contributed by atoms with Gasteiger partial charge in [-0.3, -0.25) is 19.4 Å². The lowest BCUT2D eigenvalue weighted by Gasteiger charge is -2.35. The number of nitrogens with one attached hydrogen (secondary N) is 1. The van der Waals surface area contributed by atoms with Crippen LogP contribution in [0.15, 0.2) is 42.5 Å². The van der Waals surface area contributed by atoms with Crippen LogP contribution in [0.1, 0.15) is 52.0 Å². The molecule has 8 heteroatoms. The molecule has 3 aromatic rings. The average molecular weight is 378 g/mol. The Balaban J connectivity index is 1.64. The van der Waals surface area contributed by atoms with E-state index in [9.17, 15) is 9.59 Å². The largest absolute Gasteiger partial charge is 0.364 e. The number of benzene rings is 1. The minimum absolute atomic E-state index is 0.0860. The number of nitrogens with two attached hydrogens (primary N) is 1. The first-order valence-electron chi connectivity index (χ1n) is 9.30. The molecule has 1 fully saturated rings. The lowest BCUT2D eigenvalue weighted by atomic mass is 9.98. The van der Waals surface area contributed by atoms with Crippen LogP contribution in [0.5, 0.6) is 0 Å². The summed E-state index contributed by atoms with van der Waals surface area (Å²) in [6.45, 7) is 0.639. The monoisotopic (exact) mass is 378 g/mol. The van der Waals surface area contributed by atoms with Gasteiger partial charge >= 0.3 is 0 Å². The lowest BCUT2D eigenvalue weighted by molar-refractivity contribution is 0.0594. The minimum atomic E-state index is -0.588. The van der Waals surface area contributed by atoms with Gasteiger partial charge in [0.2, 0.25) is 0 Å². The summed E-state index contributed by atoms with van der Waals surface area (Å²) in [5.41, 5.74) is 8.47. The van der Waals surface area contributed by atoms with E-state index >= 15 is 0 Å². The van der Waals surface area contributed by atoms with Gasteiger partial charge < -0.3 is 10.6 Å². The highest BCUT2D eigenvalue weighted by Gasteiger charge is 2.32. The molecule has 0 aliphatic carbocycles. The second kappa shape index (κ2) is 7.30. The van der Waals surface area contributed by atoms with Gasteiger partial charge in [0.1, 0.15) is 11.4 Å². The number of aryl methyl sites for hydroxylation is 1. The standard InChI is InChI=1S/C20H22N6O2/c1-25-18(12-14(24-25)13-7-3-2-4-8-13)20(28)26-10-6-5-9-17(26)15-11-16(19(21)27)23-22-15/h2-4,7-8,11-12,17H,5-6,9-10H2,1H3,(H2,21,27)(H,22,23)/t17-/m0/s1. The van der Waals surface area contributed by atoms with Crippen molar-refractivity contribution in [2.45, 2.75) is 25.3 Å². The second-order valence-corrected chi connectivity index (χ2v) is 6.99. The van der Waals surface area contributed by atoms with E-state index in [0.29, 0.717) is 12.2 Å². The highest BCUT2D eigenvalue weighted by molar-refractivity contribution is 5.94. The number of hydrogen-bond acceptors (Lipinski definition) is 4. The van der Waals surface area contributed by atoms with Gasteiger partial charge in [0, 0.05) is 19.2 Å². The predicted octanol–water partition coefficient (Wildman–Crippen LogP) is 2.28. The van der Waals surface area contributed by atoms with Crippen LogP contribution in [0.2, 0.25) is 0 Å². The van der Waals surface area contributed by atoms with Crippen molar-refractivity contribution in [2.75, 3.05) is 6.54 Å². The van der Waals surface area contributed by atoms with E-state index in [1.165, 1.54) is 0 Å². The van der Waals surface area contributed by atoms with Crippen molar-refractivity contribution in [3.8, 4) is 11.3 Å². The van der Waals surface area contributed by atoms with E-state index in [1.54, 1.807) is 17.8 Å². The van der Waals surface area contributed by atoms with Gasteiger partial charge in [-0.15, -0.1) is 0 Å². The summed E-state index contributed by atoms with van der Waals surface area (Å²) in [6.07, 6.45) is 2.73. The van der Waals surface area contributed by atoms with Crippen LogP contribution in [0.4, 0.5) is 0 Å². The van der Waals surface area contributed by atoms with Crippen LogP contribution < -0.4 is 5.73 Å². The Morgan fingerprint density at radius 1 is 1.18 bits per heavy atom. The Morgan fingerprint density at radius 2 is 1.96 bits per heavy atom. The van der Waals surface area contributed by atoms with Crippen molar-refractivity contribution in [2.24, 2.45) is 12.8 Å². The van der Waals surface area contributed by atoms with Crippen molar-refractivity contribution in [3.05, 3.63) is 59.5 Å². The van der Waals surface area contributed by atoms with Crippen molar-refractivity contribution in [1.82, 2.24) is 24.9 Å². The molecule has 1 aliphatic rings. The highest BCUT2D eigenvalue weighted by Crippen LogP contribution is 2.32. The molecule has 144 valence electrons. The molecule has 2 amide bonds. The van der Waals surface area contributed by atoms with Crippen LogP contribution in [0, 0.1) is 0 Å². The number of nitrogens with zero attached hydrogens (tertiary/aromatic N) is 4. The molecule has 3 N–H and O–H groups in total. The van der Waals surface area contributed by atoms with Gasteiger partial charge in [0.05, 0.1) is 17.4 Å². The summed E-state index contributed by atoms with van der Waals surface area (Å²) in [5, 5.41) is 11.3. The summed E-state index contributed by atoms with van der Waals surface area (Å²) >= 11 is 0. The Hall–Kier alpha value is -3.42. The Bertz CT molecular complexity index is 1010. The third-order valence-corrected chi connectivity index (χ3v) is 5.14. The molecule has 0 unspecified atom stereocenters. The molecule has 1 aliphatic heterocycles. The number of rotatable bonds is 4. The molecular formula is C20H22N6O2. The summed E-state index contributed by atoms with van der Waals surface area (Å²) in [4.78, 5) is 26.5. The molecule has 0 radical (unpaired) electrons. The third kappa shape index (κ3) is 3.28. The molecule has 8 nitrogen and oxygen atoms in total. The zero-order valence-electron chi connectivity index (χ0n) is 15.6. The molecule has 28 heavy (non-hydrogen) atoms. The number of hydrogen-bond donors (Lipinski definition) is 2. The van der Waals surface area contributed by atoms with Crippen LogP contribution in [-0.2, 0) is 7.05 Å². The maximum absolute atomic E-state index is 13.3. The molecule has 1 aromatic carbocycles. The number of piperidine rings is 1. The average Bonchev–Trinajstić information content (AvgIpc) is 3.35. The first kappa shape index (κ1) is 18.0. The Labute approximate surface area is 162 Å². The van der Waals surface area contributed by atoms with Gasteiger partial charge in [0.25, 0.3) is 11.8 Å². The summed E-state index contributed by atoms with van der Waals surface area (Å²) in [5.74, 6) is -0.674. The maximum atomic E-state index is 13.3. The lowest BCUT2D eigenvalue weighted by Crippen LogP contribution is -2.39. The van der Waals surface area contributed by atoms with E-state index in [0.717, 1.165) is 36.2 Å². The van der Waals surface area contributed by atoms with E-state index in [2.05, 4.69) is 15.3 Å². The normalized spacial score (nSPS) is 16.9. The molecule has 0 spiro atoms. The van der Waals surface area contributed by atoms with Crippen LogP contribution in [0.25, 0.3) is 11.3 Å². The fourth-order valence-corrected chi connectivity index (χ4v) is 3.70. The quantitative estimate of drug-likeness (QED) is 0.725. The summed E-state index contributed by atoms with van der Waals surface area (Å²) in [6, 6.07) is 13.1. The first-order valence-corrected chi connectivity index (χ1v) is 9.30. The van der Waals surface area contributed by atoms with Gasteiger partial charge in [-0.25, -0.2) is 0 Å². The highest BCUT2D eigenvalue weighted by atomic mass is 16.2. The van der Waals surface area contributed by atoms with E-state index in [-0.39, 0.29) is 17.6 Å². The maximum Gasteiger partial charge on any atom is 0.272 e. The number of amides is 2. The molecule has 1 atom stereocenters. The Kier molecular flexibility index (Phi) is 4.68. The van der Waals surface area contributed by atoms with Crippen LogP contribution in [0.3, 0.4) is 0 Å². The smallest absolute Gasteiger partial charge is 0.272 e. The molecule has 0 saturated carbocycles. The minimum Gasteiger partial charge on any atom is -0.364 e. The van der Waals surface area contributed by atoms with Crippen molar-refractivity contribution >= 4 is 11.8 Å². The van der Waals surface area contributed by atoms with Gasteiger partial charge in [-0.05, 0) is 31.4 Å². The number of carbonyl (C=O) groups is 2. The fraction of sp³-hybridized carbons (Fsp3) is 0.300. The van der Waals surface area contributed by atoms with E-state index < -0.39 is 5.91 Å². The fourth-order valence-electron chi connectivity index (χ4n) is 3.70. The molecule has 0 bridgehead atoms.